The minimum Gasteiger partial charge on any atom is -0.300 e. The van der Waals surface area contributed by atoms with Gasteiger partial charge in [-0.25, -0.2) is 0 Å². The molecule has 0 spiro atoms. The third-order valence-electron chi connectivity index (χ3n) is 2.03. The Morgan fingerprint density at radius 1 is 1.00 bits per heavy atom. The molecule has 71 valence electrons. The summed E-state index contributed by atoms with van der Waals surface area (Å²) in [7, 11) is 0. The van der Waals surface area contributed by atoms with E-state index in [0.29, 0.717) is 5.78 Å². The van der Waals surface area contributed by atoms with E-state index in [1.165, 1.54) is 32.1 Å². The Labute approximate surface area is 76.6 Å². The van der Waals surface area contributed by atoms with Gasteiger partial charge in [-0.1, -0.05) is 45.4 Å². The van der Waals surface area contributed by atoms with Crippen LogP contribution in [-0.2, 0) is 4.79 Å². The lowest BCUT2D eigenvalue weighted by atomic mass is 10.1. The van der Waals surface area contributed by atoms with Crippen LogP contribution in [0.15, 0.2) is 0 Å². The Kier molecular flexibility index (Phi) is 8.52. The van der Waals surface area contributed by atoms with Crippen LogP contribution >= 0.6 is 0 Å². The van der Waals surface area contributed by atoms with Crippen LogP contribution in [0.3, 0.4) is 0 Å². The Bertz CT molecular complexity index is 108. The largest absolute Gasteiger partial charge is 0.300 e. The van der Waals surface area contributed by atoms with Crippen LogP contribution in [0.2, 0.25) is 0 Å². The van der Waals surface area contributed by atoms with E-state index in [-0.39, 0.29) is 0 Å². The minimum absolute atomic E-state index is 0.327. The summed E-state index contributed by atoms with van der Waals surface area (Å²) < 4.78 is 0. The number of carbonyl (C=O) groups is 1. The zero-order chi connectivity index (χ0) is 9.23. The van der Waals surface area contributed by atoms with Gasteiger partial charge >= 0.3 is 0 Å². The third-order valence-corrected chi connectivity index (χ3v) is 2.03. The number of hydrogen-bond donors (Lipinski definition) is 0. The maximum atomic E-state index is 10.6. The molecular weight excluding hydrogens is 148 g/mol. The number of hydrogen-bond acceptors (Lipinski definition) is 1. The quantitative estimate of drug-likeness (QED) is 0.508. The first kappa shape index (κ1) is 11.7. The lowest BCUT2D eigenvalue weighted by molar-refractivity contribution is -0.117. The van der Waals surface area contributed by atoms with E-state index in [4.69, 9.17) is 0 Å². The molecule has 0 amide bonds. The molecule has 0 saturated heterocycles. The van der Waals surface area contributed by atoms with Gasteiger partial charge in [0.1, 0.15) is 5.78 Å². The van der Waals surface area contributed by atoms with E-state index in [1.807, 2.05) is 0 Å². The summed E-state index contributed by atoms with van der Waals surface area (Å²) in [5.41, 5.74) is 0. The van der Waals surface area contributed by atoms with Crippen LogP contribution in [0, 0.1) is 6.92 Å². The SMILES string of the molecule is [CH2]CCCCCCCCC(C)=O. The molecule has 0 heterocycles. The smallest absolute Gasteiger partial charge is 0.129 e. The number of ketones is 1. The lowest BCUT2D eigenvalue weighted by Gasteiger charge is -1.98. The van der Waals surface area contributed by atoms with Crippen molar-refractivity contribution >= 4 is 5.78 Å². The van der Waals surface area contributed by atoms with Crippen LogP contribution in [0.4, 0.5) is 0 Å². The van der Waals surface area contributed by atoms with Crippen molar-refractivity contribution in [2.24, 2.45) is 0 Å². The summed E-state index contributed by atoms with van der Waals surface area (Å²) in [4.78, 5) is 10.6. The minimum atomic E-state index is 0.327. The predicted molar refractivity (Wildman–Crippen MR) is 53.0 cm³/mol. The second kappa shape index (κ2) is 8.76. The fraction of sp³-hybridized carbons (Fsp3) is 0.818. The summed E-state index contributed by atoms with van der Waals surface area (Å²) in [6.45, 7) is 5.47. The highest BCUT2D eigenvalue weighted by Gasteiger charge is 1.93. The Morgan fingerprint density at radius 2 is 1.50 bits per heavy atom. The van der Waals surface area contributed by atoms with Crippen LogP contribution in [0.1, 0.15) is 58.3 Å². The molecule has 0 rings (SSSR count). The van der Waals surface area contributed by atoms with E-state index in [2.05, 4.69) is 6.92 Å². The fourth-order valence-corrected chi connectivity index (χ4v) is 1.26. The predicted octanol–water partition coefficient (Wildman–Crippen LogP) is 3.53. The van der Waals surface area contributed by atoms with Gasteiger partial charge in [-0.05, 0) is 13.3 Å². The molecule has 1 radical (unpaired) electrons. The third kappa shape index (κ3) is 9.67. The van der Waals surface area contributed by atoms with E-state index >= 15 is 0 Å². The van der Waals surface area contributed by atoms with Gasteiger partial charge in [-0.15, -0.1) is 0 Å². The molecule has 0 aromatic carbocycles. The molecule has 0 saturated carbocycles. The average Bonchev–Trinajstić information content (AvgIpc) is 2.02. The zero-order valence-corrected chi connectivity index (χ0v) is 8.27. The lowest BCUT2D eigenvalue weighted by Crippen LogP contribution is -1.89. The maximum Gasteiger partial charge on any atom is 0.129 e. The van der Waals surface area contributed by atoms with E-state index in [1.54, 1.807) is 6.92 Å². The standard InChI is InChI=1S/C11H21O/c1-3-4-5-6-7-8-9-10-11(2)12/h1,3-10H2,2H3. The van der Waals surface area contributed by atoms with Gasteiger partial charge in [-0.3, -0.25) is 0 Å². The van der Waals surface area contributed by atoms with Crippen molar-refractivity contribution in [3.05, 3.63) is 6.92 Å². The first-order valence-electron chi connectivity index (χ1n) is 5.06. The first-order chi connectivity index (χ1) is 5.77. The van der Waals surface area contributed by atoms with Crippen LogP contribution in [-0.4, -0.2) is 5.78 Å². The van der Waals surface area contributed by atoms with E-state index in [9.17, 15) is 4.79 Å². The molecule has 0 fully saturated rings. The van der Waals surface area contributed by atoms with Crippen molar-refractivity contribution in [3.8, 4) is 0 Å². The monoisotopic (exact) mass is 169 g/mol. The molecular formula is C11H21O. The van der Waals surface area contributed by atoms with Gasteiger partial charge in [-0.2, -0.15) is 0 Å². The van der Waals surface area contributed by atoms with Crippen molar-refractivity contribution in [1.29, 1.82) is 0 Å². The number of Topliss-reactive ketones (excluding diaryl/α,β-unsaturated/α-hetero) is 1. The van der Waals surface area contributed by atoms with Crippen molar-refractivity contribution in [3.63, 3.8) is 0 Å². The van der Waals surface area contributed by atoms with Gasteiger partial charge in [0, 0.05) is 6.42 Å². The highest BCUT2D eigenvalue weighted by molar-refractivity contribution is 5.75. The van der Waals surface area contributed by atoms with Gasteiger partial charge in [0.2, 0.25) is 0 Å². The highest BCUT2D eigenvalue weighted by Crippen LogP contribution is 2.08. The molecule has 0 aliphatic rings. The summed E-state index contributed by atoms with van der Waals surface area (Å²) >= 11 is 0. The molecule has 0 aromatic rings. The molecule has 1 heteroatoms. The molecule has 1 nitrogen and oxygen atoms in total. The molecule has 0 N–H and O–H groups in total. The van der Waals surface area contributed by atoms with Crippen LogP contribution < -0.4 is 0 Å². The summed E-state index contributed by atoms with van der Waals surface area (Å²) in [6, 6.07) is 0. The molecule has 0 aliphatic carbocycles. The molecule has 0 aliphatic heterocycles. The van der Waals surface area contributed by atoms with Crippen molar-refractivity contribution in [2.75, 3.05) is 0 Å². The molecule has 0 atom stereocenters. The average molecular weight is 169 g/mol. The molecule has 0 unspecified atom stereocenters. The van der Waals surface area contributed by atoms with Gasteiger partial charge in [0.25, 0.3) is 0 Å². The zero-order valence-electron chi connectivity index (χ0n) is 8.27. The van der Waals surface area contributed by atoms with Gasteiger partial charge in [0.05, 0.1) is 0 Å². The number of unbranched alkanes of at least 4 members (excludes halogenated alkanes) is 6. The Morgan fingerprint density at radius 3 is 2.00 bits per heavy atom. The van der Waals surface area contributed by atoms with E-state index < -0.39 is 0 Å². The second-order valence-electron chi connectivity index (χ2n) is 3.43. The summed E-state index contributed by atoms with van der Waals surface area (Å²) in [6.07, 6.45) is 9.30. The van der Waals surface area contributed by atoms with Crippen molar-refractivity contribution in [2.45, 2.75) is 58.3 Å². The van der Waals surface area contributed by atoms with Gasteiger partial charge < -0.3 is 4.79 Å². The second-order valence-corrected chi connectivity index (χ2v) is 3.43. The van der Waals surface area contributed by atoms with Gasteiger partial charge in [0.15, 0.2) is 0 Å². The maximum absolute atomic E-state index is 10.6. The van der Waals surface area contributed by atoms with E-state index in [0.717, 1.165) is 19.3 Å². The topological polar surface area (TPSA) is 17.1 Å². The number of carbonyl (C=O) groups excluding carboxylic acids is 1. The van der Waals surface area contributed by atoms with Crippen LogP contribution in [0.25, 0.3) is 0 Å². The first-order valence-corrected chi connectivity index (χ1v) is 5.06. The Balaban J connectivity index is 2.86. The Hall–Kier alpha value is -0.330. The summed E-state index contributed by atoms with van der Waals surface area (Å²) in [5, 5.41) is 0. The highest BCUT2D eigenvalue weighted by atomic mass is 16.1. The molecule has 0 bridgehead atoms. The molecule has 12 heavy (non-hydrogen) atoms. The normalized spacial score (nSPS) is 10.2. The van der Waals surface area contributed by atoms with Crippen molar-refractivity contribution < 1.29 is 4.79 Å². The number of rotatable bonds is 8. The van der Waals surface area contributed by atoms with Crippen molar-refractivity contribution in [1.82, 2.24) is 0 Å². The molecule has 0 aromatic heterocycles. The fourth-order valence-electron chi connectivity index (χ4n) is 1.26. The van der Waals surface area contributed by atoms with Crippen LogP contribution in [0.5, 0.6) is 0 Å². The summed E-state index contributed by atoms with van der Waals surface area (Å²) in [5.74, 6) is 0.327.